The average molecular weight is 300 g/mol. The van der Waals surface area contributed by atoms with Crippen LogP contribution in [0.15, 0.2) is 0 Å². The van der Waals surface area contributed by atoms with Crippen molar-refractivity contribution in [1.82, 2.24) is 15.1 Å². The molecule has 1 aliphatic heterocycles. The molecular weight excluding hydrogens is 268 g/mol. The van der Waals surface area contributed by atoms with Gasteiger partial charge < -0.3 is 20.7 Å². The normalized spacial score (nSPS) is 19.9. The zero-order chi connectivity index (χ0) is 15.9. The van der Waals surface area contributed by atoms with E-state index >= 15 is 0 Å². The first-order chi connectivity index (χ1) is 9.81. The molecular formula is C15H32N4O2. The van der Waals surface area contributed by atoms with Crippen LogP contribution >= 0.6 is 0 Å². The molecule has 1 amide bonds. The largest absolute Gasteiger partial charge is 0.444 e. The second-order valence-electron chi connectivity index (χ2n) is 6.80. The number of ether oxygens (including phenoxy) is 1. The van der Waals surface area contributed by atoms with E-state index in [9.17, 15) is 4.79 Å². The molecule has 1 unspecified atom stereocenters. The Morgan fingerprint density at radius 1 is 1.29 bits per heavy atom. The summed E-state index contributed by atoms with van der Waals surface area (Å²) in [6, 6.07) is 0.325. The minimum atomic E-state index is -0.452. The smallest absolute Gasteiger partial charge is 0.407 e. The first-order valence-corrected chi connectivity index (χ1v) is 7.91. The fourth-order valence-corrected chi connectivity index (χ4v) is 2.54. The van der Waals surface area contributed by atoms with E-state index in [0.717, 1.165) is 32.6 Å². The molecule has 1 atom stereocenters. The van der Waals surface area contributed by atoms with Gasteiger partial charge in [-0.1, -0.05) is 0 Å². The highest BCUT2D eigenvalue weighted by Gasteiger charge is 2.20. The maximum Gasteiger partial charge on any atom is 0.407 e. The van der Waals surface area contributed by atoms with Gasteiger partial charge in [0, 0.05) is 32.2 Å². The first-order valence-electron chi connectivity index (χ1n) is 7.91. The first kappa shape index (κ1) is 18.2. The third-order valence-electron chi connectivity index (χ3n) is 3.69. The predicted molar refractivity (Wildman–Crippen MR) is 85.4 cm³/mol. The van der Waals surface area contributed by atoms with Crippen molar-refractivity contribution >= 4 is 6.09 Å². The third kappa shape index (κ3) is 7.64. The number of amides is 1. The summed E-state index contributed by atoms with van der Waals surface area (Å²) in [4.78, 5) is 16.4. The minimum absolute atomic E-state index is 0.325. The van der Waals surface area contributed by atoms with Crippen molar-refractivity contribution in [1.29, 1.82) is 0 Å². The lowest BCUT2D eigenvalue weighted by Crippen LogP contribution is -2.44. The van der Waals surface area contributed by atoms with E-state index in [-0.39, 0.29) is 6.09 Å². The number of likely N-dealkylation sites (N-methyl/N-ethyl adjacent to an activating group) is 1. The summed E-state index contributed by atoms with van der Waals surface area (Å²) < 4.78 is 5.23. The monoisotopic (exact) mass is 300 g/mol. The van der Waals surface area contributed by atoms with Crippen molar-refractivity contribution in [2.24, 2.45) is 5.73 Å². The summed E-state index contributed by atoms with van der Waals surface area (Å²) in [5, 5.41) is 2.81. The highest BCUT2D eigenvalue weighted by molar-refractivity contribution is 5.67. The Morgan fingerprint density at radius 3 is 2.62 bits per heavy atom. The molecule has 0 bridgehead atoms. The van der Waals surface area contributed by atoms with Gasteiger partial charge in [-0.2, -0.15) is 0 Å². The molecule has 0 aromatic rings. The van der Waals surface area contributed by atoms with Gasteiger partial charge in [0.05, 0.1) is 0 Å². The summed E-state index contributed by atoms with van der Waals surface area (Å²) in [6.07, 6.45) is 1.68. The van der Waals surface area contributed by atoms with E-state index in [1.165, 1.54) is 6.42 Å². The Kier molecular flexibility index (Phi) is 7.42. The van der Waals surface area contributed by atoms with Crippen LogP contribution < -0.4 is 11.1 Å². The summed E-state index contributed by atoms with van der Waals surface area (Å²) in [5.41, 5.74) is 5.46. The highest BCUT2D eigenvalue weighted by Crippen LogP contribution is 2.09. The van der Waals surface area contributed by atoms with Gasteiger partial charge in [-0.15, -0.1) is 0 Å². The number of alkyl carbamates (subject to hydrolysis) is 1. The van der Waals surface area contributed by atoms with Gasteiger partial charge in [0.15, 0.2) is 0 Å². The summed E-state index contributed by atoms with van der Waals surface area (Å²) in [7, 11) is 2.16. The van der Waals surface area contributed by atoms with Crippen molar-refractivity contribution in [3.05, 3.63) is 0 Å². The van der Waals surface area contributed by atoms with Crippen LogP contribution in [0.3, 0.4) is 0 Å². The molecule has 0 radical (unpaired) electrons. The van der Waals surface area contributed by atoms with Crippen LogP contribution in [0.1, 0.15) is 33.6 Å². The van der Waals surface area contributed by atoms with Crippen molar-refractivity contribution in [2.45, 2.75) is 45.3 Å². The van der Waals surface area contributed by atoms with Crippen molar-refractivity contribution in [3.8, 4) is 0 Å². The second-order valence-corrected chi connectivity index (χ2v) is 6.80. The van der Waals surface area contributed by atoms with Crippen LogP contribution in [-0.2, 0) is 4.74 Å². The van der Waals surface area contributed by atoms with E-state index in [2.05, 4.69) is 22.2 Å². The highest BCUT2D eigenvalue weighted by atomic mass is 16.6. The number of nitrogens with zero attached hydrogens (tertiary/aromatic N) is 2. The van der Waals surface area contributed by atoms with Gasteiger partial charge in [0.1, 0.15) is 5.60 Å². The number of carbonyl (C=O) groups is 1. The maximum absolute atomic E-state index is 11.6. The zero-order valence-electron chi connectivity index (χ0n) is 14.0. The molecule has 0 spiro atoms. The predicted octanol–water partition coefficient (Wildman–Crippen LogP) is 0.866. The Hall–Kier alpha value is -0.850. The van der Waals surface area contributed by atoms with E-state index in [0.29, 0.717) is 19.1 Å². The van der Waals surface area contributed by atoms with Gasteiger partial charge in [0.2, 0.25) is 0 Å². The van der Waals surface area contributed by atoms with Crippen molar-refractivity contribution < 1.29 is 9.53 Å². The minimum Gasteiger partial charge on any atom is -0.444 e. The average Bonchev–Trinajstić information content (AvgIpc) is 2.57. The van der Waals surface area contributed by atoms with Crippen LogP contribution in [0.2, 0.25) is 0 Å². The van der Waals surface area contributed by atoms with Crippen LogP contribution in [0.4, 0.5) is 4.79 Å². The summed E-state index contributed by atoms with van der Waals surface area (Å²) >= 11 is 0. The van der Waals surface area contributed by atoms with Crippen LogP contribution in [0, 0.1) is 0 Å². The molecule has 6 heteroatoms. The molecule has 0 aliphatic carbocycles. The number of hydrogen-bond acceptors (Lipinski definition) is 5. The van der Waals surface area contributed by atoms with Gasteiger partial charge in [-0.25, -0.2) is 4.79 Å². The Labute approximate surface area is 129 Å². The lowest BCUT2D eigenvalue weighted by molar-refractivity contribution is 0.0522. The maximum atomic E-state index is 11.6. The molecule has 1 aliphatic rings. The standard InChI is InChI=1S/C15H32N4O2/c1-15(2,3)21-14(20)17-7-6-13(12-16)19-9-5-8-18(4)10-11-19/h13H,5-12,16H2,1-4H3,(H,17,20). The Bertz CT molecular complexity index is 317. The lowest BCUT2D eigenvalue weighted by Gasteiger charge is -2.29. The van der Waals surface area contributed by atoms with E-state index in [1.807, 2.05) is 20.8 Å². The molecule has 1 fully saturated rings. The van der Waals surface area contributed by atoms with E-state index in [4.69, 9.17) is 10.5 Å². The molecule has 0 aromatic heterocycles. The van der Waals surface area contributed by atoms with Gasteiger partial charge in [0.25, 0.3) is 0 Å². The summed E-state index contributed by atoms with van der Waals surface area (Å²) in [5.74, 6) is 0. The van der Waals surface area contributed by atoms with Crippen molar-refractivity contribution in [2.75, 3.05) is 46.3 Å². The number of nitrogens with two attached hydrogens (primary N) is 1. The molecule has 1 saturated heterocycles. The Morgan fingerprint density at radius 2 is 2.00 bits per heavy atom. The lowest BCUT2D eigenvalue weighted by atomic mass is 10.1. The molecule has 3 N–H and O–H groups in total. The number of rotatable bonds is 5. The molecule has 21 heavy (non-hydrogen) atoms. The fraction of sp³-hybridized carbons (Fsp3) is 0.933. The topological polar surface area (TPSA) is 70.8 Å². The molecule has 1 rings (SSSR count). The zero-order valence-corrected chi connectivity index (χ0v) is 14.0. The quantitative estimate of drug-likeness (QED) is 0.788. The molecule has 1 heterocycles. The van der Waals surface area contributed by atoms with Crippen LogP contribution in [0.25, 0.3) is 0 Å². The second kappa shape index (κ2) is 8.56. The van der Waals surface area contributed by atoms with Crippen LogP contribution in [-0.4, -0.2) is 73.9 Å². The van der Waals surface area contributed by atoms with Gasteiger partial charge in [-0.05, 0) is 53.8 Å². The van der Waals surface area contributed by atoms with Gasteiger partial charge >= 0.3 is 6.09 Å². The third-order valence-corrected chi connectivity index (χ3v) is 3.69. The molecule has 0 aromatic carbocycles. The van der Waals surface area contributed by atoms with Gasteiger partial charge in [-0.3, -0.25) is 4.90 Å². The van der Waals surface area contributed by atoms with E-state index < -0.39 is 5.60 Å². The fourth-order valence-electron chi connectivity index (χ4n) is 2.54. The number of carbonyl (C=O) groups excluding carboxylic acids is 1. The molecule has 124 valence electrons. The SMILES string of the molecule is CN1CCCN(C(CN)CCNC(=O)OC(C)(C)C)CC1. The number of nitrogens with one attached hydrogen (secondary N) is 1. The van der Waals surface area contributed by atoms with Crippen molar-refractivity contribution in [3.63, 3.8) is 0 Å². The van der Waals surface area contributed by atoms with Crippen LogP contribution in [0.5, 0.6) is 0 Å². The Balaban J connectivity index is 2.32. The van der Waals surface area contributed by atoms with E-state index in [1.54, 1.807) is 0 Å². The molecule has 6 nitrogen and oxygen atoms in total. The summed E-state index contributed by atoms with van der Waals surface area (Å²) in [6.45, 7) is 11.2. The molecule has 0 saturated carbocycles. The number of hydrogen-bond donors (Lipinski definition) is 2.